The van der Waals surface area contributed by atoms with Crippen molar-refractivity contribution in [1.82, 2.24) is 5.32 Å². The molecular formula is C11H14FNO3. The van der Waals surface area contributed by atoms with Gasteiger partial charge in [0.15, 0.2) is 0 Å². The van der Waals surface area contributed by atoms with E-state index in [1.165, 1.54) is 31.2 Å². The molecule has 0 aliphatic carbocycles. The Hall–Kier alpha value is -1.62. The summed E-state index contributed by atoms with van der Waals surface area (Å²) in [6.07, 6.45) is -0.783. The Morgan fingerprint density at radius 1 is 1.50 bits per heavy atom. The van der Waals surface area contributed by atoms with E-state index in [4.69, 9.17) is 4.74 Å². The van der Waals surface area contributed by atoms with Crippen molar-refractivity contribution in [3.05, 3.63) is 30.1 Å². The number of halogens is 1. The molecule has 0 saturated carbocycles. The molecule has 5 heteroatoms. The van der Waals surface area contributed by atoms with Gasteiger partial charge < -0.3 is 15.2 Å². The summed E-state index contributed by atoms with van der Waals surface area (Å²) in [5.74, 6) is -0.0738. The molecule has 4 nitrogen and oxygen atoms in total. The summed E-state index contributed by atoms with van der Waals surface area (Å²) in [4.78, 5) is 10.6. The fraction of sp³-hybridized carbons (Fsp3) is 0.364. The summed E-state index contributed by atoms with van der Waals surface area (Å²) in [5.41, 5.74) is 0. The number of hydrogen-bond donors (Lipinski definition) is 2. The van der Waals surface area contributed by atoms with Gasteiger partial charge in [-0.05, 0) is 24.3 Å². The zero-order chi connectivity index (χ0) is 12.0. The quantitative estimate of drug-likeness (QED) is 0.778. The lowest BCUT2D eigenvalue weighted by Crippen LogP contribution is -2.33. The Labute approximate surface area is 93.0 Å². The SMILES string of the molecule is CC(=O)NCC(O)COc1ccc(F)cc1. The first-order valence-electron chi connectivity index (χ1n) is 4.89. The van der Waals surface area contributed by atoms with Gasteiger partial charge >= 0.3 is 0 Å². The third-order valence-electron chi connectivity index (χ3n) is 1.84. The van der Waals surface area contributed by atoms with Crippen LogP contribution in [0.3, 0.4) is 0 Å². The van der Waals surface area contributed by atoms with E-state index < -0.39 is 6.10 Å². The number of nitrogens with one attached hydrogen (secondary N) is 1. The highest BCUT2D eigenvalue weighted by atomic mass is 19.1. The summed E-state index contributed by atoms with van der Waals surface area (Å²) in [7, 11) is 0. The second-order valence-electron chi connectivity index (χ2n) is 3.36. The van der Waals surface area contributed by atoms with Gasteiger partial charge in [0.2, 0.25) is 5.91 Å². The molecule has 1 aromatic carbocycles. The van der Waals surface area contributed by atoms with Gasteiger partial charge in [-0.1, -0.05) is 0 Å². The normalized spacial score (nSPS) is 11.9. The molecule has 0 aliphatic rings. The lowest BCUT2D eigenvalue weighted by molar-refractivity contribution is -0.119. The number of aliphatic hydroxyl groups excluding tert-OH is 1. The van der Waals surface area contributed by atoms with Gasteiger partial charge in [-0.15, -0.1) is 0 Å². The van der Waals surface area contributed by atoms with Crippen LogP contribution in [-0.2, 0) is 4.79 Å². The fourth-order valence-corrected chi connectivity index (χ4v) is 1.04. The van der Waals surface area contributed by atoms with Gasteiger partial charge in [0.1, 0.15) is 24.3 Å². The lowest BCUT2D eigenvalue weighted by atomic mass is 10.3. The van der Waals surface area contributed by atoms with Crippen molar-refractivity contribution < 1.29 is 19.0 Å². The summed E-state index contributed by atoms with van der Waals surface area (Å²) in [5, 5.41) is 11.9. The van der Waals surface area contributed by atoms with Crippen molar-refractivity contribution >= 4 is 5.91 Å². The lowest BCUT2D eigenvalue weighted by Gasteiger charge is -2.12. The molecule has 0 radical (unpaired) electrons. The van der Waals surface area contributed by atoms with Gasteiger partial charge in [-0.3, -0.25) is 4.79 Å². The van der Waals surface area contributed by atoms with E-state index in [-0.39, 0.29) is 24.9 Å². The van der Waals surface area contributed by atoms with Crippen molar-refractivity contribution in [3.63, 3.8) is 0 Å². The highest BCUT2D eigenvalue weighted by molar-refractivity contribution is 5.72. The molecule has 88 valence electrons. The van der Waals surface area contributed by atoms with Crippen molar-refractivity contribution in [2.45, 2.75) is 13.0 Å². The molecule has 1 amide bonds. The van der Waals surface area contributed by atoms with Crippen LogP contribution >= 0.6 is 0 Å². The third kappa shape index (κ3) is 4.75. The number of hydrogen-bond acceptors (Lipinski definition) is 3. The number of benzene rings is 1. The average Bonchev–Trinajstić information content (AvgIpc) is 2.25. The van der Waals surface area contributed by atoms with Crippen LogP contribution in [0.2, 0.25) is 0 Å². The van der Waals surface area contributed by atoms with Crippen LogP contribution in [-0.4, -0.2) is 30.3 Å². The molecule has 0 aromatic heterocycles. The van der Waals surface area contributed by atoms with Crippen LogP contribution in [0.1, 0.15) is 6.92 Å². The topological polar surface area (TPSA) is 58.6 Å². The Bertz CT molecular complexity index is 340. The minimum absolute atomic E-state index is 0.0475. The zero-order valence-electron chi connectivity index (χ0n) is 8.94. The smallest absolute Gasteiger partial charge is 0.216 e. The monoisotopic (exact) mass is 227 g/mol. The summed E-state index contributed by atoms with van der Waals surface area (Å²) in [6.45, 7) is 1.55. The molecular weight excluding hydrogens is 213 g/mol. The van der Waals surface area contributed by atoms with E-state index in [1.54, 1.807) is 0 Å². The van der Waals surface area contributed by atoms with Crippen molar-refractivity contribution in [2.24, 2.45) is 0 Å². The molecule has 0 aliphatic heterocycles. The number of aliphatic hydroxyl groups is 1. The fourth-order valence-electron chi connectivity index (χ4n) is 1.04. The van der Waals surface area contributed by atoms with Gasteiger partial charge in [-0.25, -0.2) is 4.39 Å². The Balaban J connectivity index is 2.28. The maximum atomic E-state index is 12.5. The van der Waals surface area contributed by atoms with Crippen molar-refractivity contribution in [1.29, 1.82) is 0 Å². The number of amides is 1. The second kappa shape index (κ2) is 6.07. The predicted octanol–water partition coefficient (Wildman–Crippen LogP) is 0.701. The van der Waals surface area contributed by atoms with E-state index in [9.17, 15) is 14.3 Å². The Kier molecular flexibility index (Phi) is 4.72. The van der Waals surface area contributed by atoms with Crippen LogP contribution in [0.15, 0.2) is 24.3 Å². The highest BCUT2D eigenvalue weighted by Crippen LogP contribution is 2.10. The van der Waals surface area contributed by atoms with Crippen molar-refractivity contribution in [3.8, 4) is 5.75 Å². The first-order valence-corrected chi connectivity index (χ1v) is 4.89. The maximum Gasteiger partial charge on any atom is 0.216 e. The Morgan fingerprint density at radius 2 is 2.12 bits per heavy atom. The van der Waals surface area contributed by atoms with Crippen LogP contribution in [0, 0.1) is 5.82 Å². The molecule has 1 rings (SSSR count). The number of rotatable bonds is 5. The van der Waals surface area contributed by atoms with Gasteiger partial charge in [-0.2, -0.15) is 0 Å². The minimum atomic E-state index is -0.783. The zero-order valence-corrected chi connectivity index (χ0v) is 8.94. The summed E-state index contributed by atoms with van der Waals surface area (Å²) >= 11 is 0. The maximum absolute atomic E-state index is 12.5. The molecule has 1 atom stereocenters. The molecule has 0 bridgehead atoms. The molecule has 0 spiro atoms. The average molecular weight is 227 g/mol. The molecule has 16 heavy (non-hydrogen) atoms. The van der Waals surface area contributed by atoms with Gasteiger partial charge in [0, 0.05) is 13.5 Å². The van der Waals surface area contributed by atoms with Gasteiger partial charge in [0.25, 0.3) is 0 Å². The first-order chi connectivity index (χ1) is 7.58. The standard InChI is InChI=1S/C11H14FNO3/c1-8(14)13-6-10(15)7-16-11-4-2-9(12)3-5-11/h2-5,10,15H,6-7H2,1H3,(H,13,14). The first kappa shape index (κ1) is 12.4. The molecule has 0 saturated heterocycles. The highest BCUT2D eigenvalue weighted by Gasteiger charge is 2.05. The molecule has 2 N–H and O–H groups in total. The number of carbonyl (C=O) groups is 1. The minimum Gasteiger partial charge on any atom is -0.491 e. The van der Waals surface area contributed by atoms with Crippen LogP contribution < -0.4 is 10.1 Å². The molecule has 1 aromatic rings. The van der Waals surface area contributed by atoms with E-state index in [0.29, 0.717) is 5.75 Å². The second-order valence-corrected chi connectivity index (χ2v) is 3.36. The van der Waals surface area contributed by atoms with Crippen LogP contribution in [0.25, 0.3) is 0 Å². The summed E-state index contributed by atoms with van der Waals surface area (Å²) in [6, 6.07) is 5.49. The Morgan fingerprint density at radius 3 is 2.69 bits per heavy atom. The molecule has 0 fully saturated rings. The largest absolute Gasteiger partial charge is 0.491 e. The summed E-state index contributed by atoms with van der Waals surface area (Å²) < 4.78 is 17.7. The van der Waals surface area contributed by atoms with Crippen molar-refractivity contribution in [2.75, 3.05) is 13.2 Å². The van der Waals surface area contributed by atoms with E-state index in [2.05, 4.69) is 5.32 Å². The molecule has 1 unspecified atom stereocenters. The van der Waals surface area contributed by atoms with Crippen LogP contribution in [0.5, 0.6) is 5.75 Å². The predicted molar refractivity (Wildman–Crippen MR) is 56.6 cm³/mol. The number of ether oxygens (including phenoxy) is 1. The third-order valence-corrected chi connectivity index (χ3v) is 1.84. The van der Waals surface area contributed by atoms with E-state index in [0.717, 1.165) is 0 Å². The van der Waals surface area contributed by atoms with E-state index in [1.807, 2.05) is 0 Å². The van der Waals surface area contributed by atoms with E-state index >= 15 is 0 Å². The number of carbonyl (C=O) groups excluding carboxylic acids is 1. The van der Waals surface area contributed by atoms with Crippen LogP contribution in [0.4, 0.5) is 4.39 Å². The van der Waals surface area contributed by atoms with Gasteiger partial charge in [0.05, 0.1) is 0 Å². The molecule has 0 heterocycles.